The van der Waals surface area contributed by atoms with Crippen molar-refractivity contribution in [2.24, 2.45) is 0 Å². The molecule has 0 aliphatic carbocycles. The van der Waals surface area contributed by atoms with Gasteiger partial charge in [0.25, 0.3) is 0 Å². The number of hydrogen-bond donors (Lipinski definition) is 1. The molecule has 4 rings (SSSR count). The zero-order valence-electron chi connectivity index (χ0n) is 16.9. The fraction of sp³-hybridized carbons (Fsp3) is 0.318. The average Bonchev–Trinajstić information content (AvgIpc) is 2.74. The molecular formula is C22H21F3N2O4S. The van der Waals surface area contributed by atoms with Crippen LogP contribution in [-0.2, 0) is 22.7 Å². The molecule has 0 atom stereocenters. The van der Waals surface area contributed by atoms with E-state index in [1.165, 1.54) is 36.4 Å². The summed E-state index contributed by atoms with van der Waals surface area (Å²) in [5.41, 5.74) is -0.309. The monoisotopic (exact) mass is 466 g/mol. The molecule has 1 saturated heterocycles. The Kier molecular flexibility index (Phi) is 6.11. The van der Waals surface area contributed by atoms with Gasteiger partial charge in [-0.25, -0.2) is 17.9 Å². The van der Waals surface area contributed by atoms with E-state index in [0.717, 1.165) is 12.1 Å². The zero-order valence-corrected chi connectivity index (χ0v) is 17.7. The van der Waals surface area contributed by atoms with Crippen LogP contribution in [-0.4, -0.2) is 32.4 Å². The van der Waals surface area contributed by atoms with Crippen molar-refractivity contribution in [3.63, 3.8) is 0 Å². The maximum Gasteiger partial charge on any atom is 0.416 e. The summed E-state index contributed by atoms with van der Waals surface area (Å²) in [5.74, 6) is 0. The number of benzene rings is 2. The third-order valence-electron chi connectivity index (χ3n) is 5.47. The normalized spacial score (nSPS) is 16.5. The molecule has 1 aromatic heterocycles. The van der Waals surface area contributed by atoms with Crippen molar-refractivity contribution in [2.75, 3.05) is 13.1 Å². The molecule has 1 N–H and O–H groups in total. The molecule has 2 aromatic carbocycles. The summed E-state index contributed by atoms with van der Waals surface area (Å²) in [7, 11) is -3.77. The summed E-state index contributed by atoms with van der Waals surface area (Å²) < 4.78 is 72.0. The van der Waals surface area contributed by atoms with Gasteiger partial charge in [-0.15, -0.1) is 0 Å². The molecule has 0 unspecified atom stereocenters. The van der Waals surface area contributed by atoms with Crippen LogP contribution in [0.1, 0.15) is 24.0 Å². The van der Waals surface area contributed by atoms with Gasteiger partial charge in [-0.2, -0.15) is 13.2 Å². The summed E-state index contributed by atoms with van der Waals surface area (Å²) in [6.07, 6.45) is -3.29. The van der Waals surface area contributed by atoms with Crippen LogP contribution in [0.5, 0.6) is 0 Å². The maximum atomic E-state index is 12.9. The highest BCUT2D eigenvalue weighted by atomic mass is 32.2. The van der Waals surface area contributed by atoms with Crippen molar-refractivity contribution in [3.8, 4) is 0 Å². The van der Waals surface area contributed by atoms with Gasteiger partial charge in [0.2, 0.25) is 10.0 Å². The van der Waals surface area contributed by atoms with Gasteiger partial charge in [0.05, 0.1) is 10.5 Å². The smallest absolute Gasteiger partial charge is 0.416 e. The largest absolute Gasteiger partial charge is 0.423 e. The van der Waals surface area contributed by atoms with E-state index in [9.17, 15) is 26.4 Å². The van der Waals surface area contributed by atoms with Gasteiger partial charge in [0.15, 0.2) is 0 Å². The summed E-state index contributed by atoms with van der Waals surface area (Å²) in [4.78, 5) is 13.4. The van der Waals surface area contributed by atoms with Gasteiger partial charge >= 0.3 is 11.8 Å². The van der Waals surface area contributed by atoms with Gasteiger partial charge in [0.1, 0.15) is 5.58 Å². The van der Waals surface area contributed by atoms with Gasteiger partial charge in [0, 0.05) is 37.1 Å². The van der Waals surface area contributed by atoms with E-state index in [-0.39, 0.29) is 10.9 Å². The molecule has 10 heteroatoms. The molecule has 0 saturated carbocycles. The Morgan fingerprint density at radius 2 is 1.78 bits per heavy atom. The first kappa shape index (κ1) is 22.5. The van der Waals surface area contributed by atoms with Crippen molar-refractivity contribution >= 4 is 21.0 Å². The van der Waals surface area contributed by atoms with Gasteiger partial charge < -0.3 is 4.42 Å². The molecule has 1 aliphatic rings. The molecular weight excluding hydrogens is 445 g/mol. The van der Waals surface area contributed by atoms with E-state index in [0.29, 0.717) is 49.0 Å². The molecule has 0 spiro atoms. The van der Waals surface area contributed by atoms with E-state index in [4.69, 9.17) is 4.42 Å². The third-order valence-corrected chi connectivity index (χ3v) is 6.99. The first-order valence-corrected chi connectivity index (χ1v) is 11.5. The van der Waals surface area contributed by atoms with Crippen LogP contribution in [0.25, 0.3) is 11.0 Å². The standard InChI is InChI=1S/C22H21F3N2O4S/c23-22(24,25)17-3-1-2-15(12-17)14-27-10-8-18(9-11-27)26-32(29,30)19-5-6-20-16(13-19)4-7-21(28)31-20/h1-7,12-13,18,26H,8-11,14H2. The molecule has 3 aromatic rings. The van der Waals surface area contributed by atoms with E-state index in [2.05, 4.69) is 4.72 Å². The molecule has 6 nitrogen and oxygen atoms in total. The Hall–Kier alpha value is -2.69. The van der Waals surface area contributed by atoms with Crippen LogP contribution >= 0.6 is 0 Å². The van der Waals surface area contributed by atoms with E-state index in [1.807, 2.05) is 4.90 Å². The predicted octanol–water partition coefficient (Wildman–Crippen LogP) is 3.75. The molecule has 0 radical (unpaired) electrons. The quantitative estimate of drug-likeness (QED) is 0.580. The van der Waals surface area contributed by atoms with Crippen molar-refractivity contribution in [2.45, 2.75) is 36.5 Å². The van der Waals surface area contributed by atoms with E-state index < -0.39 is 27.4 Å². The fourth-order valence-electron chi connectivity index (χ4n) is 3.82. The van der Waals surface area contributed by atoms with Crippen LogP contribution in [0.2, 0.25) is 0 Å². The second-order valence-electron chi connectivity index (χ2n) is 7.82. The fourth-order valence-corrected chi connectivity index (χ4v) is 5.16. The summed E-state index contributed by atoms with van der Waals surface area (Å²) in [6, 6.07) is 12.0. The van der Waals surface area contributed by atoms with Crippen molar-refractivity contribution in [1.29, 1.82) is 0 Å². The Bertz CT molecular complexity index is 1280. The molecule has 0 bridgehead atoms. The van der Waals surface area contributed by atoms with Gasteiger partial charge in [-0.05, 0) is 48.7 Å². The van der Waals surface area contributed by atoms with Crippen molar-refractivity contribution < 1.29 is 26.0 Å². The Balaban J connectivity index is 1.37. The highest BCUT2D eigenvalue weighted by Crippen LogP contribution is 2.30. The first-order valence-electron chi connectivity index (χ1n) is 10.0. The minimum atomic E-state index is -4.38. The summed E-state index contributed by atoms with van der Waals surface area (Å²) in [6.45, 7) is 1.50. The SMILES string of the molecule is O=c1ccc2cc(S(=O)(=O)NC3CCN(Cc4cccc(C(F)(F)F)c4)CC3)ccc2o1. The number of likely N-dealkylation sites (tertiary alicyclic amines) is 1. The molecule has 1 fully saturated rings. The Labute approximate surface area is 182 Å². The second-order valence-corrected chi connectivity index (χ2v) is 9.54. The number of sulfonamides is 1. The Morgan fingerprint density at radius 3 is 2.50 bits per heavy atom. The number of alkyl halides is 3. The topological polar surface area (TPSA) is 79.6 Å². The number of nitrogens with one attached hydrogen (secondary N) is 1. The molecule has 170 valence electrons. The lowest BCUT2D eigenvalue weighted by Crippen LogP contribution is -2.44. The van der Waals surface area contributed by atoms with Gasteiger partial charge in [-0.3, -0.25) is 4.90 Å². The number of fused-ring (bicyclic) bond motifs is 1. The third kappa shape index (κ3) is 5.20. The lowest BCUT2D eigenvalue weighted by molar-refractivity contribution is -0.137. The lowest BCUT2D eigenvalue weighted by atomic mass is 10.0. The van der Waals surface area contributed by atoms with Crippen LogP contribution in [0.15, 0.2) is 68.7 Å². The second kappa shape index (κ2) is 8.68. The zero-order chi connectivity index (χ0) is 22.9. The number of halogens is 3. The average molecular weight is 466 g/mol. The summed E-state index contributed by atoms with van der Waals surface area (Å²) in [5, 5.41) is 0.503. The number of rotatable bonds is 5. The number of nitrogens with zero attached hydrogens (tertiary/aromatic N) is 1. The molecule has 1 aliphatic heterocycles. The molecule has 0 amide bonds. The van der Waals surface area contributed by atoms with Crippen molar-refractivity contribution in [3.05, 3.63) is 76.1 Å². The van der Waals surface area contributed by atoms with Crippen LogP contribution in [0.3, 0.4) is 0 Å². The lowest BCUT2D eigenvalue weighted by Gasteiger charge is -2.32. The van der Waals surface area contributed by atoms with E-state index >= 15 is 0 Å². The van der Waals surface area contributed by atoms with Crippen LogP contribution in [0.4, 0.5) is 13.2 Å². The number of piperidine rings is 1. The highest BCUT2D eigenvalue weighted by molar-refractivity contribution is 7.89. The summed E-state index contributed by atoms with van der Waals surface area (Å²) >= 11 is 0. The van der Waals surface area contributed by atoms with Crippen molar-refractivity contribution in [1.82, 2.24) is 9.62 Å². The van der Waals surface area contributed by atoms with E-state index in [1.54, 1.807) is 6.07 Å². The Morgan fingerprint density at radius 1 is 1.03 bits per heavy atom. The van der Waals surface area contributed by atoms with Crippen LogP contribution < -0.4 is 10.3 Å². The molecule has 2 heterocycles. The molecule has 32 heavy (non-hydrogen) atoms. The first-order chi connectivity index (χ1) is 15.1. The van der Waals surface area contributed by atoms with Gasteiger partial charge in [-0.1, -0.05) is 18.2 Å². The number of hydrogen-bond acceptors (Lipinski definition) is 5. The minimum Gasteiger partial charge on any atom is -0.423 e. The maximum absolute atomic E-state index is 12.9. The highest BCUT2D eigenvalue weighted by Gasteiger charge is 2.31. The minimum absolute atomic E-state index is 0.0743. The predicted molar refractivity (Wildman–Crippen MR) is 113 cm³/mol. The van der Waals surface area contributed by atoms with Crippen LogP contribution in [0, 0.1) is 0 Å².